The van der Waals surface area contributed by atoms with Crippen molar-refractivity contribution in [2.24, 2.45) is 0 Å². The van der Waals surface area contributed by atoms with E-state index >= 15 is 0 Å². The summed E-state index contributed by atoms with van der Waals surface area (Å²) in [5, 5.41) is 39.6. The molecule has 0 spiro atoms. The van der Waals surface area contributed by atoms with Gasteiger partial charge < -0.3 is 39.4 Å². The number of hydrogen-bond donors (Lipinski definition) is 4. The Morgan fingerprint density at radius 3 is 1.53 bits per heavy atom. The second-order valence-corrected chi connectivity index (χ2v) is 9.92. The summed E-state index contributed by atoms with van der Waals surface area (Å²) >= 11 is 0. The molecule has 0 aromatic heterocycles. The van der Waals surface area contributed by atoms with Crippen molar-refractivity contribution in [2.75, 3.05) is 20.5 Å². The van der Waals surface area contributed by atoms with Crippen molar-refractivity contribution < 1.29 is 44.2 Å². The first-order valence-corrected chi connectivity index (χ1v) is 14.1. The van der Waals surface area contributed by atoms with E-state index in [4.69, 9.17) is 24.1 Å². The van der Waals surface area contributed by atoms with E-state index in [9.17, 15) is 20.1 Å². The third-order valence-corrected chi connectivity index (χ3v) is 7.01. The third-order valence-electron chi connectivity index (χ3n) is 7.01. The van der Waals surface area contributed by atoms with E-state index in [0.29, 0.717) is 6.42 Å². The second kappa shape index (κ2) is 21.0. The van der Waals surface area contributed by atoms with Crippen molar-refractivity contribution in [3.63, 3.8) is 0 Å². The first-order chi connectivity index (χ1) is 17.5. The van der Waals surface area contributed by atoms with Crippen molar-refractivity contribution in [3.05, 3.63) is 0 Å². The molecule has 0 aromatic rings. The van der Waals surface area contributed by atoms with Crippen LogP contribution in [0.4, 0.5) is 4.79 Å². The minimum atomic E-state index is -1.57. The summed E-state index contributed by atoms with van der Waals surface area (Å²) in [6.07, 6.45) is 10.8. The Morgan fingerprint density at radius 1 is 0.639 bits per heavy atom. The fraction of sp³-hybridized carbons (Fsp3) is 0.963. The second-order valence-electron chi connectivity index (χ2n) is 9.92. The predicted octanol–water partition coefficient (Wildman–Crippen LogP) is 4.22. The van der Waals surface area contributed by atoms with Crippen molar-refractivity contribution in [2.45, 2.75) is 146 Å². The Kier molecular flexibility index (Phi) is 19.3. The molecule has 0 aromatic carbocycles. The molecular formula is C27H52O9. The van der Waals surface area contributed by atoms with E-state index in [-0.39, 0.29) is 6.61 Å². The van der Waals surface area contributed by atoms with Crippen molar-refractivity contribution >= 4 is 6.16 Å². The largest absolute Gasteiger partial charge is 0.508 e. The lowest BCUT2D eigenvalue weighted by Gasteiger charge is -2.43. The maximum Gasteiger partial charge on any atom is 0.508 e. The van der Waals surface area contributed by atoms with Gasteiger partial charge in [-0.25, -0.2) is 4.79 Å². The molecule has 6 atom stereocenters. The monoisotopic (exact) mass is 520 g/mol. The molecule has 0 aliphatic heterocycles. The molecule has 1 fully saturated rings. The molecule has 1 saturated carbocycles. The van der Waals surface area contributed by atoms with Crippen LogP contribution in [-0.4, -0.2) is 83.7 Å². The van der Waals surface area contributed by atoms with Crippen LogP contribution >= 0.6 is 0 Å². The summed E-state index contributed by atoms with van der Waals surface area (Å²) in [5.74, 6) is 0. The lowest BCUT2D eigenvalue weighted by molar-refractivity contribution is -0.254. The molecule has 214 valence electrons. The van der Waals surface area contributed by atoms with Gasteiger partial charge in [0.1, 0.15) is 37.3 Å². The molecular weight excluding hydrogens is 468 g/mol. The number of methoxy groups -OCH3 is 1. The normalized spacial score (nSPS) is 26.2. The highest BCUT2D eigenvalue weighted by Gasteiger charge is 2.52. The summed E-state index contributed by atoms with van der Waals surface area (Å²) in [7, 11) is 1.27. The quantitative estimate of drug-likeness (QED) is 0.0996. The Bertz CT molecular complexity index is 533. The van der Waals surface area contributed by atoms with Crippen LogP contribution in [0.25, 0.3) is 0 Å². The van der Waals surface area contributed by atoms with Gasteiger partial charge in [-0.15, -0.1) is 0 Å². The fourth-order valence-electron chi connectivity index (χ4n) is 4.81. The lowest BCUT2D eigenvalue weighted by Crippen LogP contribution is -2.65. The molecule has 1 aliphatic carbocycles. The highest BCUT2D eigenvalue weighted by atomic mass is 16.7. The van der Waals surface area contributed by atoms with Crippen LogP contribution in [0.15, 0.2) is 0 Å². The first-order valence-electron chi connectivity index (χ1n) is 14.1. The molecule has 9 nitrogen and oxygen atoms in total. The molecule has 1 rings (SSSR count). The highest BCUT2D eigenvalue weighted by Crippen LogP contribution is 2.28. The number of aliphatic hydroxyl groups excluding tert-OH is 4. The van der Waals surface area contributed by atoms with Crippen LogP contribution in [-0.2, 0) is 18.9 Å². The number of unbranched alkanes of at least 4 members (excludes halogenated alkanes) is 15. The van der Waals surface area contributed by atoms with Crippen LogP contribution in [0.2, 0.25) is 0 Å². The molecule has 0 unspecified atom stereocenters. The van der Waals surface area contributed by atoms with E-state index in [1.165, 1.54) is 90.6 Å². The number of carbonyl (C=O) groups excluding carboxylic acids is 1. The fourth-order valence-corrected chi connectivity index (χ4v) is 4.81. The maximum atomic E-state index is 12.1. The number of hydrogen-bond acceptors (Lipinski definition) is 9. The summed E-state index contributed by atoms with van der Waals surface area (Å²) in [5.41, 5.74) is 0. The topological polar surface area (TPSA) is 135 Å². The van der Waals surface area contributed by atoms with Gasteiger partial charge >= 0.3 is 6.16 Å². The molecule has 0 heterocycles. The summed E-state index contributed by atoms with van der Waals surface area (Å²) in [4.78, 5) is 12.1. The van der Waals surface area contributed by atoms with E-state index in [2.05, 4.69) is 6.92 Å². The summed E-state index contributed by atoms with van der Waals surface area (Å²) < 4.78 is 20.2. The van der Waals surface area contributed by atoms with Gasteiger partial charge in [-0.3, -0.25) is 0 Å². The van der Waals surface area contributed by atoms with Gasteiger partial charge in [-0.05, 0) is 6.42 Å². The van der Waals surface area contributed by atoms with E-state index in [1.807, 2.05) is 0 Å². The van der Waals surface area contributed by atoms with Gasteiger partial charge in [-0.2, -0.15) is 0 Å². The van der Waals surface area contributed by atoms with Crippen molar-refractivity contribution in [3.8, 4) is 0 Å². The highest BCUT2D eigenvalue weighted by molar-refractivity contribution is 5.60. The molecule has 9 heteroatoms. The van der Waals surface area contributed by atoms with E-state index in [0.717, 1.165) is 12.8 Å². The lowest BCUT2D eigenvalue weighted by atomic mass is 9.84. The van der Waals surface area contributed by atoms with Crippen LogP contribution < -0.4 is 0 Å². The first kappa shape index (κ1) is 33.1. The number of ether oxygens (including phenoxy) is 4. The van der Waals surface area contributed by atoms with Gasteiger partial charge in [0.25, 0.3) is 0 Å². The molecule has 36 heavy (non-hydrogen) atoms. The van der Waals surface area contributed by atoms with Crippen LogP contribution in [0, 0.1) is 0 Å². The van der Waals surface area contributed by atoms with Gasteiger partial charge in [0.05, 0.1) is 6.61 Å². The van der Waals surface area contributed by atoms with Gasteiger partial charge in [0.15, 0.2) is 6.10 Å². The molecule has 0 saturated heterocycles. The molecule has 0 bridgehead atoms. The average Bonchev–Trinajstić information content (AvgIpc) is 2.87. The van der Waals surface area contributed by atoms with Gasteiger partial charge in [0, 0.05) is 7.11 Å². The zero-order valence-corrected chi connectivity index (χ0v) is 22.5. The molecule has 1 aliphatic rings. The number of rotatable bonds is 21. The predicted molar refractivity (Wildman–Crippen MR) is 137 cm³/mol. The van der Waals surface area contributed by atoms with Crippen molar-refractivity contribution in [1.29, 1.82) is 0 Å². The zero-order chi connectivity index (χ0) is 26.6. The Morgan fingerprint density at radius 2 is 1.08 bits per heavy atom. The van der Waals surface area contributed by atoms with Crippen LogP contribution in [0.5, 0.6) is 0 Å². The van der Waals surface area contributed by atoms with Crippen LogP contribution in [0.3, 0.4) is 0 Å². The Balaban J connectivity index is 2.04. The zero-order valence-electron chi connectivity index (χ0n) is 22.5. The summed E-state index contributed by atoms with van der Waals surface area (Å²) in [6.45, 7) is 1.69. The Labute approximate surface area is 217 Å². The molecule has 4 N–H and O–H groups in total. The van der Waals surface area contributed by atoms with Crippen molar-refractivity contribution in [1.82, 2.24) is 0 Å². The minimum Gasteiger partial charge on any atom is -0.434 e. The number of carbonyl (C=O) groups is 1. The van der Waals surface area contributed by atoms with E-state index in [1.54, 1.807) is 0 Å². The average molecular weight is 521 g/mol. The molecule has 0 amide bonds. The van der Waals surface area contributed by atoms with E-state index < -0.39 is 49.6 Å². The van der Waals surface area contributed by atoms with Crippen LogP contribution in [0.1, 0.15) is 110 Å². The van der Waals surface area contributed by atoms with Gasteiger partial charge in [0.2, 0.25) is 0 Å². The maximum absolute atomic E-state index is 12.1. The third kappa shape index (κ3) is 13.0. The SMILES string of the molecule is CCCCCCCCCCCCCCCCCCOC(=O)O[C@@H]1[C@H](O)[C@@H](O)[C@@H](OCO)[C@H](O)[C@H]1OC. The summed E-state index contributed by atoms with van der Waals surface area (Å²) in [6, 6.07) is 0. The Hall–Kier alpha value is -0.970. The number of aliphatic hydroxyl groups is 4. The van der Waals surface area contributed by atoms with Gasteiger partial charge in [-0.1, -0.05) is 103 Å². The molecule has 0 radical (unpaired) electrons. The minimum absolute atomic E-state index is 0.194. The standard InChI is InChI=1S/C27H52O9/c1-3-4-5-6-7-8-9-10-11-12-13-14-15-16-17-18-19-34-27(32)36-26-22(30)21(29)24(35-20-28)23(31)25(26)33-2/h21-26,28-31H,3-20H2,1-2H3/t21-,22-,23+,24-,25-,26-/m1/s1. The smallest absolute Gasteiger partial charge is 0.434 e.